The first-order valence-electron chi connectivity index (χ1n) is 8.44. The maximum atomic E-state index is 11.6. The van der Waals surface area contributed by atoms with Crippen LogP contribution in [0.25, 0.3) is 17.4 Å². The van der Waals surface area contributed by atoms with Crippen LogP contribution in [0, 0.1) is 0 Å². The molecule has 0 aliphatic rings. The molecule has 0 amide bonds. The number of nitrogens with one attached hydrogen (secondary N) is 1. The Bertz CT molecular complexity index is 1020. The van der Waals surface area contributed by atoms with Gasteiger partial charge < -0.3 is 14.6 Å². The number of thioether (sulfide) groups is 1. The molecule has 2 aromatic heterocycles. The number of furan rings is 1. The van der Waals surface area contributed by atoms with E-state index in [1.165, 1.54) is 18.2 Å². The first kappa shape index (κ1) is 19.4. The molecule has 0 saturated carbocycles. The van der Waals surface area contributed by atoms with E-state index in [2.05, 4.69) is 15.2 Å². The second-order valence-corrected chi connectivity index (χ2v) is 6.82. The summed E-state index contributed by atoms with van der Waals surface area (Å²) < 4.78 is 5.68. The quantitative estimate of drug-likeness (QED) is 0.384. The van der Waals surface area contributed by atoms with Crippen molar-refractivity contribution in [1.29, 1.82) is 0 Å². The number of benzene rings is 1. The van der Waals surface area contributed by atoms with E-state index in [9.17, 15) is 14.7 Å². The predicted molar refractivity (Wildman–Crippen MR) is 103 cm³/mol. The second-order valence-electron chi connectivity index (χ2n) is 5.81. The molecule has 8 nitrogen and oxygen atoms in total. The number of carboxylic acids is 2. The highest BCUT2D eigenvalue weighted by Crippen LogP contribution is 2.28. The highest BCUT2D eigenvalue weighted by molar-refractivity contribution is 8.04. The van der Waals surface area contributed by atoms with E-state index in [0.29, 0.717) is 28.1 Å². The molecule has 1 aromatic carbocycles. The summed E-state index contributed by atoms with van der Waals surface area (Å²) in [5.41, 5.74) is 0.862. The Hall–Kier alpha value is -3.33. The van der Waals surface area contributed by atoms with Crippen molar-refractivity contribution in [1.82, 2.24) is 15.2 Å². The lowest BCUT2D eigenvalue weighted by Crippen LogP contribution is -1.97. The van der Waals surface area contributed by atoms with Crippen molar-refractivity contribution in [2.45, 2.75) is 24.9 Å². The van der Waals surface area contributed by atoms with Crippen LogP contribution < -0.4 is 0 Å². The van der Waals surface area contributed by atoms with Gasteiger partial charge in [-0.05, 0) is 42.4 Å². The Morgan fingerprint density at radius 3 is 2.57 bits per heavy atom. The topological polar surface area (TPSA) is 129 Å². The first-order chi connectivity index (χ1) is 13.5. The van der Waals surface area contributed by atoms with Gasteiger partial charge in [-0.2, -0.15) is 0 Å². The molecule has 0 aliphatic carbocycles. The molecule has 0 atom stereocenters. The van der Waals surface area contributed by atoms with Crippen molar-refractivity contribution in [2.24, 2.45) is 0 Å². The van der Waals surface area contributed by atoms with Crippen LogP contribution in [0.4, 0.5) is 0 Å². The maximum Gasteiger partial charge on any atom is 0.342 e. The molecular formula is C19H17N3O5S. The van der Waals surface area contributed by atoms with Crippen molar-refractivity contribution in [3.05, 3.63) is 58.5 Å². The number of aromatic amines is 1. The van der Waals surface area contributed by atoms with Gasteiger partial charge in [0.05, 0.1) is 5.56 Å². The lowest BCUT2D eigenvalue weighted by atomic mass is 10.1. The van der Waals surface area contributed by atoms with Gasteiger partial charge in [-0.3, -0.25) is 5.10 Å². The fourth-order valence-corrected chi connectivity index (χ4v) is 3.10. The molecule has 0 spiro atoms. The van der Waals surface area contributed by atoms with E-state index in [1.54, 1.807) is 24.3 Å². The van der Waals surface area contributed by atoms with Crippen LogP contribution in [0.5, 0.6) is 0 Å². The van der Waals surface area contributed by atoms with Crippen molar-refractivity contribution in [3.63, 3.8) is 0 Å². The molecule has 28 heavy (non-hydrogen) atoms. The van der Waals surface area contributed by atoms with E-state index < -0.39 is 11.9 Å². The molecule has 0 unspecified atom stereocenters. The molecule has 3 N–H and O–H groups in total. The SMILES string of the molecule is CCCc1nc(S/C(=C/c2ccc(-c3ccc(C(=O)O)cc3)o2)C(=O)O)n[nH]1. The number of carbonyl (C=O) groups is 2. The number of carboxylic acid groups (broad SMARTS) is 2. The van der Waals surface area contributed by atoms with Crippen molar-refractivity contribution in [3.8, 4) is 11.3 Å². The molecule has 0 fully saturated rings. The number of aromatic nitrogens is 3. The van der Waals surface area contributed by atoms with Gasteiger partial charge >= 0.3 is 11.9 Å². The van der Waals surface area contributed by atoms with Crippen molar-refractivity contribution >= 4 is 29.8 Å². The molecule has 2 heterocycles. The van der Waals surface area contributed by atoms with Crippen molar-refractivity contribution in [2.75, 3.05) is 0 Å². The number of rotatable bonds is 8. The first-order valence-corrected chi connectivity index (χ1v) is 9.25. The summed E-state index contributed by atoms with van der Waals surface area (Å²) in [6, 6.07) is 9.55. The molecule has 0 aliphatic heterocycles. The zero-order valence-corrected chi connectivity index (χ0v) is 15.7. The summed E-state index contributed by atoms with van der Waals surface area (Å²) in [6.07, 6.45) is 3.05. The van der Waals surface area contributed by atoms with Crippen LogP contribution in [-0.4, -0.2) is 37.3 Å². The Labute approximate surface area is 164 Å². The Morgan fingerprint density at radius 2 is 1.93 bits per heavy atom. The number of aromatic carboxylic acids is 1. The average molecular weight is 399 g/mol. The zero-order valence-electron chi connectivity index (χ0n) is 14.9. The van der Waals surface area contributed by atoms with E-state index in [0.717, 1.165) is 24.6 Å². The second kappa shape index (κ2) is 8.57. The van der Waals surface area contributed by atoms with Crippen LogP contribution in [0.1, 0.15) is 35.3 Å². The van der Waals surface area contributed by atoms with Crippen LogP contribution in [-0.2, 0) is 11.2 Å². The summed E-state index contributed by atoms with van der Waals surface area (Å²) in [6.45, 7) is 2.02. The standard InChI is InChI=1S/C19H17N3O5S/c1-2-3-16-20-19(22-21-16)28-15(18(25)26)10-13-8-9-14(27-13)11-4-6-12(7-5-11)17(23)24/h4-10H,2-3H2,1H3,(H,23,24)(H,25,26)(H,20,21,22)/b15-10+. The zero-order chi connectivity index (χ0) is 20.1. The Balaban J connectivity index is 1.79. The summed E-state index contributed by atoms with van der Waals surface area (Å²) in [7, 11) is 0. The number of H-pyrrole nitrogens is 1. The molecule has 3 rings (SSSR count). The van der Waals surface area contributed by atoms with Gasteiger partial charge in [-0.15, -0.1) is 5.10 Å². The van der Waals surface area contributed by atoms with Gasteiger partial charge in [-0.25, -0.2) is 14.6 Å². The monoisotopic (exact) mass is 399 g/mol. The third-order valence-corrected chi connectivity index (χ3v) is 4.60. The molecule has 0 saturated heterocycles. The van der Waals surface area contributed by atoms with Gasteiger partial charge in [0.25, 0.3) is 0 Å². The molecule has 3 aromatic rings. The van der Waals surface area contributed by atoms with E-state index >= 15 is 0 Å². The van der Waals surface area contributed by atoms with Gasteiger partial charge in [0.1, 0.15) is 22.3 Å². The summed E-state index contributed by atoms with van der Waals surface area (Å²) >= 11 is 0.931. The summed E-state index contributed by atoms with van der Waals surface area (Å²) in [5.74, 6) is -0.560. The Kier molecular flexibility index (Phi) is 5.95. The van der Waals surface area contributed by atoms with Crippen LogP contribution >= 0.6 is 11.8 Å². The number of hydrogen-bond acceptors (Lipinski definition) is 6. The van der Waals surface area contributed by atoms with Gasteiger partial charge in [0.2, 0.25) is 5.16 Å². The minimum atomic E-state index is -1.12. The normalized spacial score (nSPS) is 11.5. The fourth-order valence-electron chi connectivity index (χ4n) is 2.40. The van der Waals surface area contributed by atoms with E-state index in [4.69, 9.17) is 9.52 Å². The number of aliphatic carboxylic acids is 1. The third-order valence-electron chi connectivity index (χ3n) is 3.73. The van der Waals surface area contributed by atoms with Crippen LogP contribution in [0.15, 0.2) is 50.9 Å². The molecule has 144 valence electrons. The fraction of sp³-hybridized carbons (Fsp3) is 0.158. The Morgan fingerprint density at radius 1 is 1.18 bits per heavy atom. The van der Waals surface area contributed by atoms with Gasteiger partial charge in [0.15, 0.2) is 0 Å². The molecule has 0 bridgehead atoms. The highest BCUT2D eigenvalue weighted by atomic mass is 32.2. The highest BCUT2D eigenvalue weighted by Gasteiger charge is 2.15. The van der Waals surface area contributed by atoms with Crippen LogP contribution in [0.2, 0.25) is 0 Å². The average Bonchev–Trinajstić information content (AvgIpc) is 3.31. The summed E-state index contributed by atoms with van der Waals surface area (Å²) in [4.78, 5) is 26.8. The van der Waals surface area contributed by atoms with Gasteiger partial charge in [-0.1, -0.05) is 19.1 Å². The van der Waals surface area contributed by atoms with Gasteiger partial charge in [0, 0.05) is 18.1 Å². The molecule has 9 heteroatoms. The number of aryl methyl sites for hydroxylation is 1. The number of nitrogens with zero attached hydrogens (tertiary/aromatic N) is 2. The predicted octanol–water partition coefficient (Wildman–Crippen LogP) is 3.93. The van der Waals surface area contributed by atoms with Crippen LogP contribution in [0.3, 0.4) is 0 Å². The minimum absolute atomic E-state index is 0.0178. The maximum absolute atomic E-state index is 11.6. The lowest BCUT2D eigenvalue weighted by Gasteiger charge is -1.99. The van der Waals surface area contributed by atoms with E-state index in [-0.39, 0.29) is 10.5 Å². The molecule has 0 radical (unpaired) electrons. The minimum Gasteiger partial charge on any atom is -0.478 e. The number of hydrogen-bond donors (Lipinski definition) is 3. The third kappa shape index (κ3) is 4.68. The van der Waals surface area contributed by atoms with E-state index in [1.807, 2.05) is 6.92 Å². The van der Waals surface area contributed by atoms with Crippen molar-refractivity contribution < 1.29 is 24.2 Å². The summed E-state index contributed by atoms with van der Waals surface area (Å²) in [5, 5.41) is 25.5. The lowest BCUT2D eigenvalue weighted by molar-refractivity contribution is -0.131. The largest absolute Gasteiger partial charge is 0.478 e. The molecular weight excluding hydrogens is 382 g/mol. The smallest absolute Gasteiger partial charge is 0.342 e.